The van der Waals surface area contributed by atoms with E-state index in [0.717, 1.165) is 0 Å². The van der Waals surface area contributed by atoms with Crippen LogP contribution in [0.5, 0.6) is 0 Å². The lowest BCUT2D eigenvalue weighted by atomic mass is 9.77. The molecule has 0 aliphatic carbocycles. The molecule has 0 saturated carbocycles. The first-order valence-electron chi connectivity index (χ1n) is 4.53. The Balaban J connectivity index is 3.01. The van der Waals surface area contributed by atoms with Gasteiger partial charge >= 0.3 is 0 Å². The minimum atomic E-state index is 0.0725. The second-order valence-corrected chi connectivity index (χ2v) is 4.35. The molecule has 1 aromatic carbocycles. The standard InChI is InChI=1S/C13H15/c1-5-12(13(2,3)4)11-9-7-6-8-10-11/h6-10,12H,2-4H3/q-1. The van der Waals surface area contributed by atoms with Gasteiger partial charge in [0.25, 0.3) is 0 Å². The minimum absolute atomic E-state index is 0.0725. The lowest BCUT2D eigenvalue weighted by Gasteiger charge is -2.29. The van der Waals surface area contributed by atoms with Crippen LogP contribution in [0, 0.1) is 17.8 Å². The molecule has 0 heterocycles. The van der Waals surface area contributed by atoms with Gasteiger partial charge in [-0.25, -0.2) is 0 Å². The van der Waals surface area contributed by atoms with Crippen molar-refractivity contribution in [1.29, 1.82) is 0 Å². The van der Waals surface area contributed by atoms with Gasteiger partial charge < -0.3 is 12.3 Å². The van der Waals surface area contributed by atoms with Crippen molar-refractivity contribution in [3.05, 3.63) is 42.3 Å². The van der Waals surface area contributed by atoms with Crippen molar-refractivity contribution in [2.45, 2.75) is 26.7 Å². The molecule has 0 nitrogen and oxygen atoms in total. The van der Waals surface area contributed by atoms with E-state index in [4.69, 9.17) is 6.42 Å². The summed E-state index contributed by atoms with van der Waals surface area (Å²) < 4.78 is 0. The quantitative estimate of drug-likeness (QED) is 0.448. The molecule has 0 heteroatoms. The third-order valence-electron chi connectivity index (χ3n) is 2.14. The van der Waals surface area contributed by atoms with E-state index in [1.165, 1.54) is 5.56 Å². The Morgan fingerprint density at radius 2 is 1.69 bits per heavy atom. The Morgan fingerprint density at radius 1 is 1.15 bits per heavy atom. The zero-order valence-corrected chi connectivity index (χ0v) is 8.46. The Kier molecular flexibility index (Phi) is 2.78. The largest absolute Gasteiger partial charge is 0.693 e. The van der Waals surface area contributed by atoms with E-state index < -0.39 is 0 Å². The van der Waals surface area contributed by atoms with Gasteiger partial charge in [0, 0.05) is 5.92 Å². The number of benzene rings is 1. The molecule has 68 valence electrons. The summed E-state index contributed by atoms with van der Waals surface area (Å²) in [4.78, 5) is 0. The van der Waals surface area contributed by atoms with Crippen LogP contribution in [0.1, 0.15) is 32.3 Å². The molecule has 0 amide bonds. The van der Waals surface area contributed by atoms with Crippen molar-refractivity contribution in [3.63, 3.8) is 0 Å². The maximum Gasteiger partial charge on any atom is 0.0105 e. The van der Waals surface area contributed by atoms with Crippen molar-refractivity contribution < 1.29 is 0 Å². The highest BCUT2D eigenvalue weighted by molar-refractivity contribution is 5.27. The van der Waals surface area contributed by atoms with E-state index in [0.29, 0.717) is 0 Å². The fourth-order valence-electron chi connectivity index (χ4n) is 1.45. The molecular formula is C13H15-. The SMILES string of the molecule is [C-]#CC(c1ccccc1)C(C)(C)C. The summed E-state index contributed by atoms with van der Waals surface area (Å²) >= 11 is 0. The molecule has 0 aromatic heterocycles. The van der Waals surface area contributed by atoms with Gasteiger partial charge in [-0.05, 0) is 11.0 Å². The molecule has 0 aliphatic rings. The van der Waals surface area contributed by atoms with Gasteiger partial charge in [-0.1, -0.05) is 51.1 Å². The van der Waals surface area contributed by atoms with Gasteiger partial charge in [-0.2, -0.15) is 0 Å². The minimum Gasteiger partial charge on any atom is -0.693 e. The van der Waals surface area contributed by atoms with E-state index in [1.54, 1.807) is 0 Å². The van der Waals surface area contributed by atoms with Crippen LogP contribution in [-0.2, 0) is 0 Å². The second-order valence-electron chi connectivity index (χ2n) is 4.35. The molecule has 1 aromatic rings. The molecule has 1 unspecified atom stereocenters. The summed E-state index contributed by atoms with van der Waals surface area (Å²) in [6.45, 7) is 6.39. The predicted molar refractivity (Wildman–Crippen MR) is 55.8 cm³/mol. The molecule has 0 radical (unpaired) electrons. The molecule has 0 bridgehead atoms. The van der Waals surface area contributed by atoms with Gasteiger partial charge in [0.1, 0.15) is 0 Å². The van der Waals surface area contributed by atoms with E-state index in [9.17, 15) is 0 Å². The lowest BCUT2D eigenvalue weighted by Crippen LogP contribution is -2.16. The highest BCUT2D eigenvalue weighted by atomic mass is 14.3. The van der Waals surface area contributed by atoms with Crippen LogP contribution in [0.2, 0.25) is 0 Å². The van der Waals surface area contributed by atoms with Gasteiger partial charge in [-0.15, -0.1) is 0 Å². The maximum atomic E-state index is 7.30. The smallest absolute Gasteiger partial charge is 0.0105 e. The third kappa shape index (κ3) is 2.36. The van der Waals surface area contributed by atoms with E-state index in [2.05, 4.69) is 38.8 Å². The molecule has 1 rings (SSSR count). The number of rotatable bonds is 1. The van der Waals surface area contributed by atoms with E-state index in [1.807, 2.05) is 18.2 Å². The predicted octanol–water partition coefficient (Wildman–Crippen LogP) is 3.41. The average Bonchev–Trinajstić information content (AvgIpc) is 2.05. The summed E-state index contributed by atoms with van der Waals surface area (Å²) in [6.07, 6.45) is 7.30. The molecule has 13 heavy (non-hydrogen) atoms. The van der Waals surface area contributed by atoms with E-state index in [-0.39, 0.29) is 11.3 Å². The van der Waals surface area contributed by atoms with Gasteiger partial charge in [0.05, 0.1) is 0 Å². The van der Waals surface area contributed by atoms with Crippen LogP contribution in [0.15, 0.2) is 30.3 Å². The summed E-state index contributed by atoms with van der Waals surface area (Å²) in [5, 5.41) is 0. The Morgan fingerprint density at radius 3 is 2.08 bits per heavy atom. The second kappa shape index (κ2) is 3.66. The first kappa shape index (κ1) is 9.86. The van der Waals surface area contributed by atoms with Gasteiger partial charge in [0.2, 0.25) is 0 Å². The molecule has 0 fully saturated rings. The van der Waals surface area contributed by atoms with Crippen LogP contribution < -0.4 is 0 Å². The number of hydrogen-bond donors (Lipinski definition) is 0. The Bertz CT molecular complexity index is 295. The van der Waals surface area contributed by atoms with E-state index >= 15 is 0 Å². The first-order valence-corrected chi connectivity index (χ1v) is 4.53. The fourth-order valence-corrected chi connectivity index (χ4v) is 1.45. The molecule has 0 N–H and O–H groups in total. The zero-order valence-electron chi connectivity index (χ0n) is 8.46. The van der Waals surface area contributed by atoms with Crippen molar-refractivity contribution in [3.8, 4) is 5.92 Å². The summed E-state index contributed by atoms with van der Waals surface area (Å²) in [5.41, 5.74) is 1.24. The third-order valence-corrected chi connectivity index (χ3v) is 2.14. The Hall–Kier alpha value is -1.22. The Labute approximate surface area is 81.0 Å². The molecule has 0 spiro atoms. The molecular weight excluding hydrogens is 156 g/mol. The highest BCUT2D eigenvalue weighted by Crippen LogP contribution is 2.33. The van der Waals surface area contributed by atoms with Crippen molar-refractivity contribution in [2.24, 2.45) is 5.41 Å². The summed E-state index contributed by atoms with van der Waals surface area (Å²) in [5.74, 6) is 2.70. The summed E-state index contributed by atoms with van der Waals surface area (Å²) in [7, 11) is 0. The fraction of sp³-hybridized carbons (Fsp3) is 0.385. The van der Waals surface area contributed by atoms with Crippen LogP contribution in [-0.4, -0.2) is 0 Å². The molecule has 1 atom stereocenters. The van der Waals surface area contributed by atoms with Crippen molar-refractivity contribution in [2.75, 3.05) is 0 Å². The zero-order chi connectivity index (χ0) is 9.90. The molecule has 0 aliphatic heterocycles. The van der Waals surface area contributed by atoms with Gasteiger partial charge in [0.15, 0.2) is 0 Å². The van der Waals surface area contributed by atoms with Crippen LogP contribution in [0.3, 0.4) is 0 Å². The summed E-state index contributed by atoms with van der Waals surface area (Å²) in [6, 6.07) is 10.1. The average molecular weight is 171 g/mol. The highest BCUT2D eigenvalue weighted by Gasteiger charge is 2.20. The first-order chi connectivity index (χ1) is 6.05. The normalized spacial score (nSPS) is 13.4. The van der Waals surface area contributed by atoms with Crippen LogP contribution >= 0.6 is 0 Å². The van der Waals surface area contributed by atoms with Crippen molar-refractivity contribution in [1.82, 2.24) is 0 Å². The monoisotopic (exact) mass is 171 g/mol. The lowest BCUT2D eigenvalue weighted by molar-refractivity contribution is 0.375. The van der Waals surface area contributed by atoms with Gasteiger partial charge in [-0.3, -0.25) is 0 Å². The number of hydrogen-bond acceptors (Lipinski definition) is 0. The maximum absolute atomic E-state index is 7.30. The van der Waals surface area contributed by atoms with Crippen LogP contribution in [0.4, 0.5) is 0 Å². The topological polar surface area (TPSA) is 0 Å². The van der Waals surface area contributed by atoms with Crippen molar-refractivity contribution >= 4 is 0 Å². The molecule has 0 saturated heterocycles. The van der Waals surface area contributed by atoms with Crippen LogP contribution in [0.25, 0.3) is 0 Å².